The summed E-state index contributed by atoms with van der Waals surface area (Å²) in [6.07, 6.45) is 1.66. The van der Waals surface area contributed by atoms with Gasteiger partial charge in [0.2, 0.25) is 5.91 Å². The van der Waals surface area contributed by atoms with Gasteiger partial charge in [0.1, 0.15) is 17.5 Å². The number of carbonyl (C=O) groups excluding carboxylic acids is 1. The van der Waals surface area contributed by atoms with Crippen molar-refractivity contribution in [3.8, 4) is 11.5 Å². The van der Waals surface area contributed by atoms with Gasteiger partial charge in [-0.2, -0.15) is 0 Å². The van der Waals surface area contributed by atoms with Crippen molar-refractivity contribution < 1.29 is 14.3 Å². The summed E-state index contributed by atoms with van der Waals surface area (Å²) in [4.78, 5) is 17.0. The Bertz CT molecular complexity index is 923. The third-order valence-electron chi connectivity index (χ3n) is 4.01. The molecule has 0 aliphatic carbocycles. The van der Waals surface area contributed by atoms with E-state index in [0.29, 0.717) is 22.2 Å². The number of carbonyl (C=O) groups is 1. The average molecular weight is 360 g/mol. The number of anilines is 1. The highest BCUT2D eigenvalue weighted by Gasteiger charge is 2.19. The summed E-state index contributed by atoms with van der Waals surface area (Å²) in [6, 6.07) is 10.4. The molecule has 2 aromatic carbocycles. The molecule has 0 saturated carbocycles. The first-order chi connectivity index (χ1) is 12.0. The molecule has 130 valence electrons. The van der Waals surface area contributed by atoms with Crippen LogP contribution in [0.15, 0.2) is 42.7 Å². The Labute approximate surface area is 150 Å². The Morgan fingerprint density at radius 3 is 2.64 bits per heavy atom. The van der Waals surface area contributed by atoms with Crippen LogP contribution < -0.4 is 14.8 Å². The summed E-state index contributed by atoms with van der Waals surface area (Å²) in [5.41, 5.74) is 2.21. The van der Waals surface area contributed by atoms with Crippen molar-refractivity contribution in [2.45, 2.75) is 13.0 Å². The Morgan fingerprint density at radius 1 is 1.20 bits per heavy atom. The lowest BCUT2D eigenvalue weighted by atomic mass is 10.2. The number of nitrogens with one attached hydrogen (secondary N) is 1. The van der Waals surface area contributed by atoms with E-state index in [9.17, 15) is 4.79 Å². The lowest BCUT2D eigenvalue weighted by Gasteiger charge is -2.17. The number of hydrogen-bond acceptors (Lipinski definition) is 4. The Balaban J connectivity index is 1.88. The van der Waals surface area contributed by atoms with Crippen molar-refractivity contribution in [2.75, 3.05) is 19.5 Å². The maximum Gasteiger partial charge on any atom is 0.247 e. The molecule has 1 heterocycles. The van der Waals surface area contributed by atoms with Crippen LogP contribution >= 0.6 is 11.6 Å². The van der Waals surface area contributed by atoms with Crippen molar-refractivity contribution in [2.24, 2.45) is 0 Å². The minimum absolute atomic E-state index is 0.206. The fraction of sp³-hybridized carbons (Fsp3) is 0.222. The summed E-state index contributed by atoms with van der Waals surface area (Å²) >= 11 is 6.15. The number of rotatable bonds is 5. The summed E-state index contributed by atoms with van der Waals surface area (Å²) in [7, 11) is 3.04. The van der Waals surface area contributed by atoms with Crippen LogP contribution in [0.5, 0.6) is 11.5 Å². The molecule has 7 heteroatoms. The molecular formula is C18H18ClN3O3. The number of methoxy groups -OCH3 is 2. The van der Waals surface area contributed by atoms with Crippen LogP contribution in [0.2, 0.25) is 5.02 Å². The highest BCUT2D eigenvalue weighted by Crippen LogP contribution is 2.36. The van der Waals surface area contributed by atoms with Gasteiger partial charge < -0.3 is 19.4 Å². The Hall–Kier alpha value is -2.73. The largest absolute Gasteiger partial charge is 0.495 e. The first-order valence-electron chi connectivity index (χ1n) is 7.69. The summed E-state index contributed by atoms with van der Waals surface area (Å²) < 4.78 is 12.3. The van der Waals surface area contributed by atoms with E-state index in [2.05, 4.69) is 10.3 Å². The van der Waals surface area contributed by atoms with Gasteiger partial charge in [-0.05, 0) is 25.1 Å². The second-order valence-electron chi connectivity index (χ2n) is 5.49. The molecule has 1 atom stereocenters. The summed E-state index contributed by atoms with van der Waals surface area (Å²) in [6.45, 7) is 1.81. The van der Waals surface area contributed by atoms with Crippen LogP contribution in [-0.2, 0) is 4.79 Å². The molecule has 0 spiro atoms. The average Bonchev–Trinajstić information content (AvgIpc) is 3.05. The van der Waals surface area contributed by atoms with E-state index in [0.717, 1.165) is 11.0 Å². The van der Waals surface area contributed by atoms with E-state index in [1.54, 1.807) is 25.4 Å². The van der Waals surface area contributed by atoms with Crippen molar-refractivity contribution >= 4 is 34.2 Å². The first kappa shape index (κ1) is 17.1. The molecule has 1 unspecified atom stereocenters. The molecule has 0 fully saturated rings. The van der Waals surface area contributed by atoms with Gasteiger partial charge in [0.05, 0.1) is 42.3 Å². The van der Waals surface area contributed by atoms with Gasteiger partial charge in [0, 0.05) is 6.07 Å². The normalized spacial score (nSPS) is 12.0. The van der Waals surface area contributed by atoms with Crippen LogP contribution in [0, 0.1) is 0 Å². The monoisotopic (exact) mass is 359 g/mol. The zero-order chi connectivity index (χ0) is 18.0. The lowest BCUT2D eigenvalue weighted by Crippen LogP contribution is -2.23. The van der Waals surface area contributed by atoms with Crippen molar-refractivity contribution in [3.63, 3.8) is 0 Å². The molecule has 0 radical (unpaired) electrons. The molecule has 3 aromatic rings. The highest BCUT2D eigenvalue weighted by molar-refractivity contribution is 6.32. The van der Waals surface area contributed by atoms with E-state index in [1.165, 1.54) is 14.2 Å². The van der Waals surface area contributed by atoms with Crippen LogP contribution in [0.1, 0.15) is 13.0 Å². The van der Waals surface area contributed by atoms with Gasteiger partial charge in [0.15, 0.2) is 0 Å². The fourth-order valence-corrected chi connectivity index (χ4v) is 2.85. The van der Waals surface area contributed by atoms with Gasteiger partial charge in [-0.25, -0.2) is 4.98 Å². The zero-order valence-corrected chi connectivity index (χ0v) is 14.9. The van der Waals surface area contributed by atoms with Crippen LogP contribution in [0.3, 0.4) is 0 Å². The van der Waals surface area contributed by atoms with Gasteiger partial charge in [-0.3, -0.25) is 4.79 Å². The van der Waals surface area contributed by atoms with Gasteiger partial charge >= 0.3 is 0 Å². The smallest absolute Gasteiger partial charge is 0.247 e. The third kappa shape index (κ3) is 3.25. The van der Waals surface area contributed by atoms with Crippen LogP contribution in [0.25, 0.3) is 11.0 Å². The minimum atomic E-state index is -0.460. The summed E-state index contributed by atoms with van der Waals surface area (Å²) in [5.74, 6) is 0.741. The fourth-order valence-electron chi connectivity index (χ4n) is 2.61. The molecule has 0 aliphatic rings. The molecule has 1 N–H and O–H groups in total. The maximum absolute atomic E-state index is 12.7. The second kappa shape index (κ2) is 7.03. The van der Waals surface area contributed by atoms with Crippen molar-refractivity contribution in [1.29, 1.82) is 0 Å². The SMILES string of the molecule is COc1cc(OC)c(NC(=O)C(C)n2cnc3ccccc32)cc1Cl. The quantitative estimate of drug-likeness (QED) is 0.750. The predicted octanol–water partition coefficient (Wildman–Crippen LogP) is 3.91. The molecular weight excluding hydrogens is 342 g/mol. The molecule has 3 rings (SSSR count). The number of benzene rings is 2. The zero-order valence-electron chi connectivity index (χ0n) is 14.1. The standard InChI is InChI=1S/C18H18ClN3O3/c1-11(22-10-20-13-6-4-5-7-15(13)22)18(23)21-14-8-12(19)16(24-2)9-17(14)25-3/h4-11H,1-3H3,(H,21,23). The molecule has 6 nitrogen and oxygen atoms in total. The van der Waals surface area contributed by atoms with Gasteiger partial charge in [-0.15, -0.1) is 0 Å². The lowest BCUT2D eigenvalue weighted by molar-refractivity contribution is -0.118. The van der Waals surface area contributed by atoms with E-state index in [1.807, 2.05) is 28.8 Å². The molecule has 1 amide bonds. The molecule has 0 bridgehead atoms. The second-order valence-corrected chi connectivity index (χ2v) is 5.90. The number of imidazole rings is 1. The number of halogens is 1. The number of amides is 1. The van der Waals surface area contributed by atoms with E-state index >= 15 is 0 Å². The number of para-hydroxylation sites is 2. The highest BCUT2D eigenvalue weighted by atomic mass is 35.5. The molecule has 0 saturated heterocycles. The van der Waals surface area contributed by atoms with Gasteiger partial charge in [-0.1, -0.05) is 23.7 Å². The number of hydrogen-bond donors (Lipinski definition) is 1. The molecule has 1 aromatic heterocycles. The number of fused-ring (bicyclic) bond motifs is 1. The van der Waals surface area contributed by atoms with Crippen molar-refractivity contribution in [1.82, 2.24) is 9.55 Å². The minimum Gasteiger partial charge on any atom is -0.495 e. The maximum atomic E-state index is 12.7. The Kier molecular flexibility index (Phi) is 4.81. The third-order valence-corrected chi connectivity index (χ3v) is 4.30. The topological polar surface area (TPSA) is 65.4 Å². The van der Waals surface area contributed by atoms with Crippen LogP contribution in [-0.4, -0.2) is 29.7 Å². The number of aromatic nitrogens is 2. The number of nitrogens with zero attached hydrogens (tertiary/aromatic N) is 2. The summed E-state index contributed by atoms with van der Waals surface area (Å²) in [5, 5.41) is 3.24. The van der Waals surface area contributed by atoms with Crippen LogP contribution in [0.4, 0.5) is 5.69 Å². The van der Waals surface area contributed by atoms with Gasteiger partial charge in [0.25, 0.3) is 0 Å². The molecule has 25 heavy (non-hydrogen) atoms. The molecule has 0 aliphatic heterocycles. The predicted molar refractivity (Wildman–Crippen MR) is 97.6 cm³/mol. The van der Waals surface area contributed by atoms with Crippen molar-refractivity contribution in [3.05, 3.63) is 47.7 Å². The number of ether oxygens (including phenoxy) is 2. The Morgan fingerprint density at radius 2 is 1.92 bits per heavy atom. The first-order valence-corrected chi connectivity index (χ1v) is 8.07. The van der Waals surface area contributed by atoms with E-state index in [4.69, 9.17) is 21.1 Å². The van der Waals surface area contributed by atoms with E-state index in [-0.39, 0.29) is 5.91 Å². The van der Waals surface area contributed by atoms with E-state index < -0.39 is 6.04 Å².